The molecule has 1 N–H and O–H groups in total. The molecule has 1 aliphatic heterocycles. The van der Waals surface area contributed by atoms with Crippen molar-refractivity contribution >= 4 is 5.78 Å². The molecule has 0 aromatic carbocycles. The normalized spacial score (nSPS) is 50.0. The van der Waals surface area contributed by atoms with E-state index in [0.717, 1.165) is 74.9 Å². The molecular formula is C26H43NO2. The second kappa shape index (κ2) is 7.62. The Morgan fingerprint density at radius 3 is 2.48 bits per heavy atom. The maximum absolute atomic E-state index is 13.3. The van der Waals surface area contributed by atoms with Crippen LogP contribution in [0.3, 0.4) is 0 Å². The predicted octanol–water partition coefficient (Wildman–Crippen LogP) is 5.06. The molecule has 1 saturated heterocycles. The lowest BCUT2D eigenvalue weighted by Crippen LogP contribution is -2.51. The van der Waals surface area contributed by atoms with Gasteiger partial charge in [0, 0.05) is 5.92 Å². The molecule has 0 spiro atoms. The molecule has 0 aromatic rings. The van der Waals surface area contributed by atoms with Crippen LogP contribution in [0.1, 0.15) is 90.9 Å². The lowest BCUT2D eigenvalue weighted by molar-refractivity contribution is -0.133. The number of carbonyl (C=O) groups is 1. The number of carbonyl (C=O) groups excluding carboxylic acids is 1. The standard InChI is InChI=1S/C26H43NO2/c1-3-26(29)13-11-19-18(16-26)6-7-21-20(19)10-12-25(2)22(21)8-9-23(25)24(28)17-27-14-4-5-15-27/h18-23,29H,3-17H2,1-2H3. The van der Waals surface area contributed by atoms with E-state index in [2.05, 4.69) is 18.7 Å². The van der Waals surface area contributed by atoms with Crippen molar-refractivity contribution in [2.45, 2.75) is 96.5 Å². The Hall–Kier alpha value is -0.410. The number of hydrogen-bond donors (Lipinski definition) is 1. The van der Waals surface area contributed by atoms with Crippen LogP contribution in [-0.2, 0) is 4.79 Å². The Kier molecular flexibility index (Phi) is 5.39. The summed E-state index contributed by atoms with van der Waals surface area (Å²) >= 11 is 0. The third-order valence-corrected chi connectivity index (χ3v) is 10.7. The topological polar surface area (TPSA) is 40.5 Å². The van der Waals surface area contributed by atoms with E-state index in [1.165, 1.54) is 51.4 Å². The average Bonchev–Trinajstić information content (AvgIpc) is 3.34. The summed E-state index contributed by atoms with van der Waals surface area (Å²) in [4.78, 5) is 15.7. The summed E-state index contributed by atoms with van der Waals surface area (Å²) in [5, 5.41) is 10.9. The van der Waals surface area contributed by atoms with E-state index in [9.17, 15) is 9.90 Å². The van der Waals surface area contributed by atoms with Crippen molar-refractivity contribution in [3.63, 3.8) is 0 Å². The number of nitrogens with zero attached hydrogens (tertiary/aromatic N) is 1. The quantitative estimate of drug-likeness (QED) is 0.716. The zero-order valence-electron chi connectivity index (χ0n) is 18.9. The Labute approximate surface area is 178 Å². The number of aliphatic hydroxyl groups is 1. The number of likely N-dealkylation sites (tertiary alicyclic amines) is 1. The number of ketones is 1. The molecule has 1 heterocycles. The zero-order valence-corrected chi connectivity index (χ0v) is 18.9. The van der Waals surface area contributed by atoms with Crippen LogP contribution in [0.5, 0.6) is 0 Å². The minimum atomic E-state index is -0.377. The van der Waals surface area contributed by atoms with Crippen LogP contribution in [0.4, 0.5) is 0 Å². The summed E-state index contributed by atoms with van der Waals surface area (Å²) in [6.45, 7) is 7.65. The van der Waals surface area contributed by atoms with Gasteiger partial charge in [0.25, 0.3) is 0 Å². The SMILES string of the molecule is CCC1(O)CCC2C(CCC3C2CCC2(C)C(C(=O)CN4CCCC4)CCC32)C1. The lowest BCUT2D eigenvalue weighted by Gasteiger charge is -2.57. The molecule has 5 aliphatic rings. The number of Topliss-reactive ketones (excluding diaryl/α,β-unsaturated/α-hetero) is 1. The van der Waals surface area contributed by atoms with Crippen molar-refractivity contribution in [1.82, 2.24) is 4.90 Å². The summed E-state index contributed by atoms with van der Waals surface area (Å²) in [5.41, 5.74) is -0.110. The van der Waals surface area contributed by atoms with Gasteiger partial charge in [0.15, 0.2) is 0 Å². The maximum atomic E-state index is 13.3. The van der Waals surface area contributed by atoms with Gasteiger partial charge in [-0.15, -0.1) is 0 Å². The Morgan fingerprint density at radius 1 is 0.966 bits per heavy atom. The number of hydrogen-bond acceptors (Lipinski definition) is 3. The third-order valence-electron chi connectivity index (χ3n) is 10.7. The van der Waals surface area contributed by atoms with Gasteiger partial charge in [0.1, 0.15) is 5.78 Å². The Bertz CT molecular complexity index is 628. The van der Waals surface area contributed by atoms with Gasteiger partial charge in [-0.05, 0) is 125 Å². The molecule has 0 aromatic heterocycles. The van der Waals surface area contributed by atoms with Crippen LogP contribution in [0.25, 0.3) is 0 Å². The fraction of sp³-hybridized carbons (Fsp3) is 0.962. The van der Waals surface area contributed by atoms with Gasteiger partial charge in [-0.1, -0.05) is 13.8 Å². The van der Waals surface area contributed by atoms with Crippen LogP contribution in [0, 0.1) is 40.9 Å². The molecule has 8 atom stereocenters. The van der Waals surface area contributed by atoms with Crippen LogP contribution in [0.2, 0.25) is 0 Å². The van der Waals surface area contributed by atoms with Crippen LogP contribution < -0.4 is 0 Å². The van der Waals surface area contributed by atoms with E-state index in [0.29, 0.717) is 11.7 Å². The zero-order chi connectivity index (χ0) is 20.2. The lowest BCUT2D eigenvalue weighted by atomic mass is 9.48. The van der Waals surface area contributed by atoms with E-state index in [-0.39, 0.29) is 11.0 Å². The molecule has 5 rings (SSSR count). The minimum Gasteiger partial charge on any atom is -0.390 e. The van der Waals surface area contributed by atoms with E-state index < -0.39 is 0 Å². The average molecular weight is 402 g/mol. The first-order valence-corrected chi connectivity index (χ1v) is 12.9. The van der Waals surface area contributed by atoms with Gasteiger partial charge >= 0.3 is 0 Å². The van der Waals surface area contributed by atoms with Crippen LogP contribution in [0.15, 0.2) is 0 Å². The van der Waals surface area contributed by atoms with E-state index in [1.807, 2.05) is 0 Å². The third kappa shape index (κ3) is 3.43. The van der Waals surface area contributed by atoms with Crippen LogP contribution in [-0.4, -0.2) is 41.0 Å². The molecular weight excluding hydrogens is 358 g/mol. The van der Waals surface area contributed by atoms with Gasteiger partial charge in [-0.2, -0.15) is 0 Å². The second-order valence-electron chi connectivity index (χ2n) is 11.9. The fourth-order valence-electron chi connectivity index (χ4n) is 9.08. The second-order valence-corrected chi connectivity index (χ2v) is 11.9. The summed E-state index contributed by atoms with van der Waals surface area (Å²) in [7, 11) is 0. The molecule has 0 radical (unpaired) electrons. The first-order valence-electron chi connectivity index (χ1n) is 12.9. The van der Waals surface area contributed by atoms with Crippen molar-refractivity contribution in [2.24, 2.45) is 40.9 Å². The molecule has 0 amide bonds. The monoisotopic (exact) mass is 401 g/mol. The first kappa shape index (κ1) is 20.5. The van der Waals surface area contributed by atoms with Crippen molar-refractivity contribution in [3.05, 3.63) is 0 Å². The molecule has 0 bridgehead atoms. The first-order chi connectivity index (χ1) is 13.9. The fourth-order valence-corrected chi connectivity index (χ4v) is 9.08. The van der Waals surface area contributed by atoms with Gasteiger partial charge in [0.05, 0.1) is 12.1 Å². The molecule has 3 heteroatoms. The number of rotatable bonds is 4. The van der Waals surface area contributed by atoms with E-state index in [4.69, 9.17) is 0 Å². The molecule has 3 nitrogen and oxygen atoms in total. The van der Waals surface area contributed by atoms with Gasteiger partial charge in [0.2, 0.25) is 0 Å². The van der Waals surface area contributed by atoms with E-state index in [1.54, 1.807) is 0 Å². The van der Waals surface area contributed by atoms with Gasteiger partial charge in [-0.3, -0.25) is 9.69 Å². The van der Waals surface area contributed by atoms with E-state index >= 15 is 0 Å². The largest absolute Gasteiger partial charge is 0.390 e. The maximum Gasteiger partial charge on any atom is 0.150 e. The van der Waals surface area contributed by atoms with Gasteiger partial charge in [-0.25, -0.2) is 0 Å². The Balaban J connectivity index is 1.28. The molecule has 164 valence electrons. The summed E-state index contributed by atoms with van der Waals surface area (Å²) < 4.78 is 0. The number of fused-ring (bicyclic) bond motifs is 5. The molecule has 4 aliphatic carbocycles. The predicted molar refractivity (Wildman–Crippen MR) is 117 cm³/mol. The highest BCUT2D eigenvalue weighted by Gasteiger charge is 2.58. The smallest absolute Gasteiger partial charge is 0.150 e. The van der Waals surface area contributed by atoms with Crippen LogP contribution >= 0.6 is 0 Å². The van der Waals surface area contributed by atoms with Gasteiger partial charge < -0.3 is 5.11 Å². The Morgan fingerprint density at radius 2 is 1.72 bits per heavy atom. The minimum absolute atomic E-state index is 0.267. The van der Waals surface area contributed by atoms with Crippen molar-refractivity contribution < 1.29 is 9.90 Å². The molecule has 8 unspecified atom stereocenters. The van der Waals surface area contributed by atoms with Crippen molar-refractivity contribution in [3.8, 4) is 0 Å². The molecule has 29 heavy (non-hydrogen) atoms. The summed E-state index contributed by atoms with van der Waals surface area (Å²) in [6, 6.07) is 0. The molecule has 5 fully saturated rings. The van der Waals surface area contributed by atoms with Crippen molar-refractivity contribution in [2.75, 3.05) is 19.6 Å². The van der Waals surface area contributed by atoms with Crippen molar-refractivity contribution in [1.29, 1.82) is 0 Å². The summed E-state index contributed by atoms with van der Waals surface area (Å²) in [6.07, 6.45) is 14.5. The highest BCUT2D eigenvalue weighted by Crippen LogP contribution is 2.64. The highest BCUT2D eigenvalue weighted by atomic mass is 16.3. The highest BCUT2D eigenvalue weighted by molar-refractivity contribution is 5.84. The summed E-state index contributed by atoms with van der Waals surface area (Å²) in [5.74, 6) is 5.01. The molecule has 4 saturated carbocycles.